The molecule has 0 aromatic carbocycles. The third kappa shape index (κ3) is 353. The Hall–Kier alpha value is 0.636. The summed E-state index contributed by atoms with van der Waals surface area (Å²) in [7, 11) is 0. The molecule has 0 spiro atoms. The summed E-state index contributed by atoms with van der Waals surface area (Å²) in [6.07, 6.45) is 0. The average molecular weight is 247 g/mol. The minimum absolute atomic E-state index is 0. The van der Waals surface area contributed by atoms with Crippen LogP contribution in [0.15, 0.2) is 0 Å². The van der Waals surface area contributed by atoms with Crippen LogP contribution in [-0.4, -0.2) is 31.4 Å². The zero-order valence-electron chi connectivity index (χ0n) is 3.49. The second-order valence-electron chi connectivity index (χ2n) is 0.192. The van der Waals surface area contributed by atoms with E-state index in [0.717, 1.165) is 0 Å². The molecular weight excluding hydrogens is 241 g/mol. The van der Waals surface area contributed by atoms with Crippen LogP contribution in [0.25, 0.3) is 0 Å². The van der Waals surface area contributed by atoms with Crippen LogP contribution < -0.4 is 8.27 Å². The van der Waals surface area contributed by atoms with Gasteiger partial charge in [-0.1, -0.05) is 0 Å². The van der Waals surface area contributed by atoms with Crippen molar-refractivity contribution in [3.8, 4) is 0 Å². The second-order valence-corrected chi connectivity index (χ2v) is 1.00. The fourth-order valence-electron chi connectivity index (χ4n) is 0. The van der Waals surface area contributed by atoms with Gasteiger partial charge in [-0.2, -0.15) is 0 Å². The van der Waals surface area contributed by atoms with Crippen LogP contribution in [0.4, 0.5) is 0 Å². The first-order valence-electron chi connectivity index (χ1n) is 0.943. The van der Waals surface area contributed by atoms with E-state index >= 15 is 0 Å². The van der Waals surface area contributed by atoms with Gasteiger partial charge >= 0.3 is 47.2 Å². The molecule has 7 heteroatoms. The summed E-state index contributed by atoms with van der Waals surface area (Å²) < 4.78 is 34.1. The van der Waals surface area contributed by atoms with E-state index in [1.54, 1.807) is 0 Å². The summed E-state index contributed by atoms with van der Waals surface area (Å²) in [5.41, 5.74) is 0. The van der Waals surface area contributed by atoms with E-state index in [1.807, 2.05) is 0 Å². The van der Waals surface area contributed by atoms with Crippen molar-refractivity contribution in [2.45, 2.75) is 0 Å². The quantitative estimate of drug-likeness (QED) is 0.402. The van der Waals surface area contributed by atoms with Gasteiger partial charge in [-0.25, -0.2) is 13.5 Å². The van der Waals surface area contributed by atoms with Gasteiger partial charge in [0.2, 0.25) is 0 Å². The standard InChI is InChI=1S/2GeHO2.H4S/c2*2-1-3;/h2*1H;1H4/q2*-1;+2. The Labute approximate surface area is 60.8 Å². The van der Waals surface area contributed by atoms with Gasteiger partial charge < -0.3 is 0 Å². The van der Waals surface area contributed by atoms with Crippen molar-refractivity contribution in [3.63, 3.8) is 0 Å². The molecule has 0 aromatic rings. The molecule has 0 N–H and O–H groups in total. The van der Waals surface area contributed by atoms with E-state index in [0.29, 0.717) is 0 Å². The van der Waals surface area contributed by atoms with E-state index in [2.05, 4.69) is 0 Å². The Kier molecular flexibility index (Phi) is 67.8. The summed E-state index contributed by atoms with van der Waals surface area (Å²) in [5, 5.41) is 0. The number of rotatable bonds is 0. The molecule has 0 aliphatic rings. The third-order valence-electron chi connectivity index (χ3n) is 0. The third-order valence-corrected chi connectivity index (χ3v) is 0. The van der Waals surface area contributed by atoms with Gasteiger partial charge in [-0.05, 0) is 0 Å². The van der Waals surface area contributed by atoms with Gasteiger partial charge in [0, 0.05) is 0 Å². The molecule has 7 heavy (non-hydrogen) atoms. The number of hydrogen-bond acceptors (Lipinski definition) is 4. The minimum atomic E-state index is -2.19. The first kappa shape index (κ1) is 15.6. The van der Waals surface area contributed by atoms with Crippen LogP contribution in [0, 0.1) is 0 Å². The van der Waals surface area contributed by atoms with E-state index in [9.17, 15) is 0 Å². The Bertz CT molecular complexity index is 30.7. The predicted molar refractivity (Wildman–Crippen MR) is 28.6 cm³/mol. The van der Waals surface area contributed by atoms with Gasteiger partial charge in [-0.15, -0.1) is 0 Å². The van der Waals surface area contributed by atoms with Crippen molar-refractivity contribution >= 4 is 44.9 Å². The Morgan fingerprint density at radius 1 is 1.00 bits per heavy atom. The largest absolute Gasteiger partial charge is 0.210 e. The molecule has 0 fully saturated rings. The van der Waals surface area contributed by atoms with Crippen LogP contribution in [0.1, 0.15) is 0 Å². The molecule has 0 saturated carbocycles. The molecule has 4 nitrogen and oxygen atoms in total. The molecule has 44 valence electrons. The zero-order chi connectivity index (χ0) is 5.41. The average Bonchev–Trinajstić information content (AvgIpc) is 1.39. The summed E-state index contributed by atoms with van der Waals surface area (Å²) in [4.78, 5) is 0. The van der Waals surface area contributed by atoms with E-state index in [4.69, 9.17) is 15.8 Å². The van der Waals surface area contributed by atoms with Gasteiger partial charge in [-0.3, -0.25) is 0 Å². The molecule has 0 heterocycles. The summed E-state index contributed by atoms with van der Waals surface area (Å²) in [6, 6.07) is 0. The van der Waals surface area contributed by atoms with Crippen molar-refractivity contribution in [1.82, 2.24) is 0 Å². The summed E-state index contributed by atoms with van der Waals surface area (Å²) in [5.74, 6) is 0. The van der Waals surface area contributed by atoms with E-state index in [-0.39, 0.29) is 13.5 Å². The molecule has 0 amide bonds. The Morgan fingerprint density at radius 2 is 1.00 bits per heavy atom. The smallest absolute Gasteiger partial charge is 0.210 e. The Morgan fingerprint density at radius 3 is 1.00 bits per heavy atom. The van der Waals surface area contributed by atoms with Crippen molar-refractivity contribution in [3.05, 3.63) is 0 Å². The van der Waals surface area contributed by atoms with Crippen LogP contribution in [0.3, 0.4) is 0 Å². The first-order valence-corrected chi connectivity index (χ1v) is 4.90. The maximum Gasteiger partial charge on any atom is -0.210 e. The van der Waals surface area contributed by atoms with E-state index in [1.165, 1.54) is 0 Å². The second kappa shape index (κ2) is 30.3. The van der Waals surface area contributed by atoms with Gasteiger partial charge in [0.1, 0.15) is 0 Å². The topological polar surface area (TPSA) is 80.3 Å². The van der Waals surface area contributed by atoms with Gasteiger partial charge in [0.05, 0.1) is 0 Å². The van der Waals surface area contributed by atoms with Crippen LogP contribution in [0.2, 0.25) is 0 Å². The molecule has 0 aliphatic carbocycles. The first-order chi connectivity index (χ1) is 2.83. The molecule has 0 rings (SSSR count). The molecule has 0 aliphatic heterocycles. The van der Waals surface area contributed by atoms with Crippen LogP contribution in [-0.2, 0) is 21.1 Å². The Balaban J connectivity index is -0.0000000400. The van der Waals surface area contributed by atoms with Crippen LogP contribution in [0.5, 0.6) is 0 Å². The maximum atomic E-state index is 8.53. The predicted octanol–water partition coefficient (Wildman–Crippen LogP) is -4.99. The fraction of sp³-hybridized carbons (Fsp3) is 0. The van der Waals surface area contributed by atoms with E-state index < -0.39 is 31.4 Å². The van der Waals surface area contributed by atoms with Gasteiger partial charge in [0.15, 0.2) is 0 Å². The van der Waals surface area contributed by atoms with Gasteiger partial charge in [0.25, 0.3) is 0 Å². The fourth-order valence-corrected chi connectivity index (χ4v) is 0. The summed E-state index contributed by atoms with van der Waals surface area (Å²) in [6.45, 7) is 0. The monoisotopic (exact) mass is 250 g/mol. The van der Waals surface area contributed by atoms with Crippen molar-refractivity contribution in [2.75, 3.05) is 0 Å². The molecule has 0 bridgehead atoms. The molecule has 0 unspecified atom stereocenters. The van der Waals surface area contributed by atoms with Crippen molar-refractivity contribution < 1.29 is 15.8 Å². The zero-order valence-corrected chi connectivity index (χ0v) is 9.75. The van der Waals surface area contributed by atoms with Crippen molar-refractivity contribution in [2.24, 2.45) is 0 Å². The van der Waals surface area contributed by atoms with Crippen molar-refractivity contribution in [1.29, 1.82) is 0 Å². The summed E-state index contributed by atoms with van der Waals surface area (Å²) >= 11 is -4.38. The molecular formula is H6Ge2O4S. The SMILES string of the molecule is [O]=[GeH][O-].[O]=[GeH][O-].[SH4+2]. The number of hydrogen-bond donors (Lipinski definition) is 0. The molecule has 0 radical (unpaired) electrons. The minimum Gasteiger partial charge on any atom is -0.210 e. The molecule has 0 aromatic heterocycles. The maximum absolute atomic E-state index is 8.53. The van der Waals surface area contributed by atoms with Crippen LogP contribution >= 0.6 is 0 Å². The normalized spacial score (nSPS) is 3.43. The molecule has 0 atom stereocenters. The molecule has 0 saturated heterocycles.